The van der Waals surface area contributed by atoms with Gasteiger partial charge in [-0.05, 0) is 48.5 Å². The van der Waals surface area contributed by atoms with Gasteiger partial charge < -0.3 is 9.73 Å². The zero-order valence-electron chi connectivity index (χ0n) is 13.1. The van der Waals surface area contributed by atoms with Crippen LogP contribution in [0.15, 0.2) is 59.0 Å². The maximum atomic E-state index is 12.0. The van der Waals surface area contributed by atoms with Crippen LogP contribution in [0, 0.1) is 0 Å². The average molecular weight is 427 g/mol. The molecular weight excluding hydrogens is 416 g/mol. The molecule has 1 aromatic heterocycles. The first-order valence-corrected chi connectivity index (χ1v) is 8.93. The minimum atomic E-state index is -0.331. The van der Waals surface area contributed by atoms with E-state index in [0.717, 1.165) is 0 Å². The number of anilines is 1. The van der Waals surface area contributed by atoms with Gasteiger partial charge in [0, 0.05) is 17.3 Å². The Kier molecular flexibility index (Phi) is 5.94. The average Bonchev–Trinajstić information content (AvgIpc) is 3.07. The highest BCUT2D eigenvalue weighted by atomic mass is 35.5. The highest BCUT2D eigenvalue weighted by Gasteiger charge is 2.10. The molecule has 1 amide bonds. The monoisotopic (exact) mass is 425 g/mol. The Bertz CT molecular complexity index is 995. The largest absolute Gasteiger partial charge is 0.457 e. The predicted molar refractivity (Wildman–Crippen MR) is 108 cm³/mol. The molecule has 0 aliphatic heterocycles. The number of furan rings is 1. The van der Waals surface area contributed by atoms with Gasteiger partial charge >= 0.3 is 0 Å². The summed E-state index contributed by atoms with van der Waals surface area (Å²) in [5.41, 5.74) is 1.22. The third kappa shape index (κ3) is 4.43. The number of nitrogens with one attached hydrogen (secondary N) is 1. The Morgan fingerprint density at radius 3 is 2.50 bits per heavy atom. The second-order valence-corrected chi connectivity index (χ2v) is 6.85. The topological polar surface area (TPSA) is 42.2 Å². The normalized spacial score (nSPS) is 11.1. The van der Waals surface area contributed by atoms with Crippen LogP contribution < -0.4 is 5.32 Å². The molecule has 0 aliphatic rings. The van der Waals surface area contributed by atoms with Crippen molar-refractivity contribution in [1.29, 1.82) is 0 Å². The van der Waals surface area contributed by atoms with Crippen molar-refractivity contribution in [2.24, 2.45) is 0 Å². The van der Waals surface area contributed by atoms with Crippen molar-refractivity contribution < 1.29 is 9.21 Å². The minimum Gasteiger partial charge on any atom is -0.457 e. The summed E-state index contributed by atoms with van der Waals surface area (Å²) in [5, 5.41) is 4.33. The molecule has 0 unspecified atom stereocenters. The molecule has 7 heteroatoms. The Balaban J connectivity index is 1.71. The molecule has 3 aromatic rings. The lowest BCUT2D eigenvalue weighted by Gasteiger charge is -2.03. The van der Waals surface area contributed by atoms with E-state index in [1.807, 2.05) is 0 Å². The van der Waals surface area contributed by atoms with Crippen molar-refractivity contribution in [2.45, 2.75) is 0 Å². The van der Waals surface area contributed by atoms with E-state index >= 15 is 0 Å². The molecule has 0 saturated heterocycles. The molecule has 0 bridgehead atoms. The van der Waals surface area contributed by atoms with E-state index in [1.54, 1.807) is 54.6 Å². The van der Waals surface area contributed by atoms with Crippen LogP contribution in [0.4, 0.5) is 5.69 Å². The van der Waals surface area contributed by atoms with E-state index in [1.165, 1.54) is 6.08 Å². The van der Waals surface area contributed by atoms with Crippen LogP contribution in [0.5, 0.6) is 0 Å². The first kappa shape index (κ1) is 18.9. The van der Waals surface area contributed by atoms with Gasteiger partial charge in [0.1, 0.15) is 11.5 Å². The van der Waals surface area contributed by atoms with E-state index in [-0.39, 0.29) is 5.91 Å². The number of benzene rings is 2. The van der Waals surface area contributed by atoms with Gasteiger partial charge in [0.05, 0.1) is 20.1 Å². The molecule has 0 saturated carbocycles. The van der Waals surface area contributed by atoms with E-state index in [4.69, 9.17) is 50.8 Å². The molecule has 0 radical (unpaired) electrons. The first-order valence-electron chi connectivity index (χ1n) is 7.42. The molecule has 0 atom stereocenters. The molecule has 0 spiro atoms. The summed E-state index contributed by atoms with van der Waals surface area (Å²) in [5.74, 6) is 0.726. The second-order valence-electron chi connectivity index (χ2n) is 5.25. The molecular formula is C19H11Cl4NO2. The number of hydrogen-bond donors (Lipinski definition) is 1. The van der Waals surface area contributed by atoms with Crippen LogP contribution in [0.1, 0.15) is 5.76 Å². The Morgan fingerprint density at radius 1 is 0.923 bits per heavy atom. The molecule has 1 heterocycles. The van der Waals surface area contributed by atoms with E-state index in [9.17, 15) is 4.79 Å². The number of carbonyl (C=O) groups is 1. The second kappa shape index (κ2) is 8.19. The van der Waals surface area contributed by atoms with E-state index in [2.05, 4.69) is 5.32 Å². The highest BCUT2D eigenvalue weighted by molar-refractivity contribution is 6.43. The quantitative estimate of drug-likeness (QED) is 0.447. The van der Waals surface area contributed by atoms with Crippen LogP contribution in [-0.2, 0) is 4.79 Å². The summed E-state index contributed by atoms with van der Waals surface area (Å²) < 4.78 is 5.69. The molecule has 0 fully saturated rings. The lowest BCUT2D eigenvalue weighted by Crippen LogP contribution is -2.07. The molecule has 3 nitrogen and oxygen atoms in total. The van der Waals surface area contributed by atoms with Crippen LogP contribution in [0.3, 0.4) is 0 Å². The number of hydrogen-bond acceptors (Lipinski definition) is 2. The zero-order chi connectivity index (χ0) is 18.7. The summed E-state index contributed by atoms with van der Waals surface area (Å²) >= 11 is 24.0. The first-order chi connectivity index (χ1) is 12.4. The molecule has 132 valence electrons. The minimum absolute atomic E-state index is 0.331. The van der Waals surface area contributed by atoms with Crippen molar-refractivity contribution in [3.05, 3.63) is 80.5 Å². The van der Waals surface area contributed by atoms with Crippen molar-refractivity contribution in [2.75, 3.05) is 5.32 Å². The summed E-state index contributed by atoms with van der Waals surface area (Å²) in [6.45, 7) is 0. The van der Waals surface area contributed by atoms with Gasteiger partial charge in [-0.1, -0.05) is 52.5 Å². The number of carbonyl (C=O) groups excluding carboxylic acids is 1. The lowest BCUT2D eigenvalue weighted by molar-refractivity contribution is -0.111. The Labute approximate surface area is 170 Å². The van der Waals surface area contributed by atoms with Crippen LogP contribution in [0.2, 0.25) is 20.1 Å². The fourth-order valence-electron chi connectivity index (χ4n) is 2.20. The van der Waals surface area contributed by atoms with Gasteiger partial charge in [-0.3, -0.25) is 4.79 Å². The van der Waals surface area contributed by atoms with E-state index < -0.39 is 0 Å². The summed E-state index contributed by atoms with van der Waals surface area (Å²) in [4.78, 5) is 12.0. The van der Waals surface area contributed by atoms with Crippen LogP contribution >= 0.6 is 46.4 Å². The van der Waals surface area contributed by atoms with Crippen LogP contribution in [-0.4, -0.2) is 5.91 Å². The van der Waals surface area contributed by atoms with Gasteiger partial charge in [-0.2, -0.15) is 0 Å². The van der Waals surface area contributed by atoms with Crippen molar-refractivity contribution in [3.8, 4) is 11.3 Å². The summed E-state index contributed by atoms with van der Waals surface area (Å²) in [7, 11) is 0. The predicted octanol–water partition coefficient (Wildman–Crippen LogP) is 7.21. The Morgan fingerprint density at radius 2 is 1.73 bits per heavy atom. The zero-order valence-corrected chi connectivity index (χ0v) is 16.1. The van der Waals surface area contributed by atoms with Gasteiger partial charge in [0.2, 0.25) is 5.91 Å². The molecule has 26 heavy (non-hydrogen) atoms. The number of rotatable bonds is 4. The number of halogens is 4. The van der Waals surface area contributed by atoms with Crippen molar-refractivity contribution >= 4 is 64.1 Å². The van der Waals surface area contributed by atoms with Crippen molar-refractivity contribution in [3.63, 3.8) is 0 Å². The summed E-state index contributed by atoms with van der Waals surface area (Å²) in [6.07, 6.45) is 2.90. The SMILES string of the molecule is O=C(C=Cc1ccc(-c2cccc(Cl)c2Cl)o1)Nc1ccc(Cl)c(Cl)c1. The fraction of sp³-hybridized carbons (Fsp3) is 0. The highest BCUT2D eigenvalue weighted by Crippen LogP contribution is 2.34. The van der Waals surface area contributed by atoms with Crippen molar-refractivity contribution in [1.82, 2.24) is 0 Å². The van der Waals surface area contributed by atoms with Gasteiger partial charge in [-0.25, -0.2) is 0 Å². The molecule has 3 rings (SSSR count). The molecule has 2 aromatic carbocycles. The maximum Gasteiger partial charge on any atom is 0.248 e. The standard InChI is InChI=1S/C19H11Cl4NO2/c20-14-7-4-11(10-16(14)22)24-18(25)9-6-12-5-8-17(26-12)13-2-1-3-15(21)19(13)23/h1-10H,(H,24,25). The fourth-order valence-corrected chi connectivity index (χ4v) is 2.89. The van der Waals surface area contributed by atoms with Gasteiger partial charge in [0.25, 0.3) is 0 Å². The number of amides is 1. The lowest BCUT2D eigenvalue weighted by atomic mass is 10.2. The van der Waals surface area contributed by atoms with Gasteiger partial charge in [0.15, 0.2) is 0 Å². The smallest absolute Gasteiger partial charge is 0.248 e. The third-order valence-electron chi connectivity index (χ3n) is 3.43. The van der Waals surface area contributed by atoms with E-state index in [0.29, 0.717) is 42.9 Å². The Hall–Kier alpha value is -1.91. The summed E-state index contributed by atoms with van der Waals surface area (Å²) in [6, 6.07) is 13.6. The third-order valence-corrected chi connectivity index (χ3v) is 4.99. The maximum absolute atomic E-state index is 12.0. The van der Waals surface area contributed by atoms with Crippen LogP contribution in [0.25, 0.3) is 17.4 Å². The molecule has 1 N–H and O–H groups in total. The molecule has 0 aliphatic carbocycles. The van der Waals surface area contributed by atoms with Gasteiger partial charge in [-0.15, -0.1) is 0 Å².